The number of nitrogens with zero attached hydrogens (tertiary/aromatic N) is 2. The Morgan fingerprint density at radius 2 is 1.86 bits per heavy atom. The van der Waals surface area contributed by atoms with Crippen molar-refractivity contribution in [1.82, 2.24) is 5.32 Å². The lowest BCUT2D eigenvalue weighted by molar-refractivity contribution is -0.124. The van der Waals surface area contributed by atoms with Crippen LogP contribution in [-0.2, 0) is 16.6 Å². The van der Waals surface area contributed by atoms with Crippen molar-refractivity contribution in [3.63, 3.8) is 0 Å². The van der Waals surface area contributed by atoms with Gasteiger partial charge in [0.1, 0.15) is 5.66 Å². The number of benzene rings is 2. The minimum atomic E-state index is -0.558. The predicted octanol–water partition coefficient (Wildman–Crippen LogP) is 4.34. The van der Waals surface area contributed by atoms with Gasteiger partial charge in [-0.25, -0.2) is 0 Å². The van der Waals surface area contributed by atoms with E-state index in [-0.39, 0.29) is 11.3 Å². The first kappa shape index (κ1) is 19.6. The molecule has 2 heterocycles. The number of fused-ring (bicyclic) bond motifs is 3. The summed E-state index contributed by atoms with van der Waals surface area (Å²) in [6.45, 7) is 7.41. The zero-order valence-electron chi connectivity index (χ0n) is 18.1. The number of hydrogen-bond acceptors (Lipinski definition) is 3. The molecule has 0 spiro atoms. The molecule has 1 fully saturated rings. The summed E-state index contributed by atoms with van der Waals surface area (Å²) in [4.78, 5) is 17.0. The molecule has 0 saturated carbocycles. The first-order chi connectivity index (χ1) is 13.8. The van der Waals surface area contributed by atoms with Crippen molar-refractivity contribution in [2.75, 3.05) is 30.4 Å². The van der Waals surface area contributed by atoms with Crippen LogP contribution in [-0.4, -0.2) is 32.2 Å². The van der Waals surface area contributed by atoms with Gasteiger partial charge in [0.15, 0.2) is 0 Å². The van der Waals surface area contributed by atoms with E-state index in [1.807, 2.05) is 14.1 Å². The molecular weight excluding hydrogens is 358 g/mol. The Kier molecular flexibility index (Phi) is 4.68. The van der Waals surface area contributed by atoms with Crippen molar-refractivity contribution in [3.05, 3.63) is 65.2 Å². The number of hydrogen-bond donors (Lipinski definition) is 1. The predicted molar refractivity (Wildman–Crippen MR) is 121 cm³/mol. The lowest BCUT2D eigenvalue weighted by Crippen LogP contribution is -2.68. The van der Waals surface area contributed by atoms with E-state index < -0.39 is 5.66 Å². The molecule has 29 heavy (non-hydrogen) atoms. The number of nitrogens with one attached hydrogen (secondary N) is 1. The molecule has 4 heteroatoms. The maximum Gasteiger partial charge on any atom is 0.223 e. The SMILES string of the molecule is CCc1ccc2c(c1)C(C)(C)[C@@]1(/C=C/c3ccc(N(C)C)cc3)NC(=O)CCN21. The van der Waals surface area contributed by atoms with Crippen LogP contribution in [0.2, 0.25) is 0 Å². The highest BCUT2D eigenvalue weighted by Crippen LogP contribution is 2.52. The summed E-state index contributed by atoms with van der Waals surface area (Å²) < 4.78 is 0. The van der Waals surface area contributed by atoms with Crippen LogP contribution in [0.5, 0.6) is 0 Å². The van der Waals surface area contributed by atoms with Crippen molar-refractivity contribution in [3.8, 4) is 0 Å². The van der Waals surface area contributed by atoms with Crippen LogP contribution < -0.4 is 15.1 Å². The van der Waals surface area contributed by atoms with Gasteiger partial charge in [-0.3, -0.25) is 4.79 Å². The molecule has 2 aliphatic heterocycles. The van der Waals surface area contributed by atoms with Gasteiger partial charge < -0.3 is 15.1 Å². The van der Waals surface area contributed by atoms with E-state index in [1.54, 1.807) is 0 Å². The van der Waals surface area contributed by atoms with E-state index in [0.29, 0.717) is 6.42 Å². The summed E-state index contributed by atoms with van der Waals surface area (Å²) in [5.74, 6) is 0.116. The molecule has 0 bridgehead atoms. The summed E-state index contributed by atoms with van der Waals surface area (Å²) in [6.07, 6.45) is 5.88. The highest BCUT2D eigenvalue weighted by molar-refractivity contribution is 5.84. The molecule has 4 nitrogen and oxygen atoms in total. The fraction of sp³-hybridized carbons (Fsp3) is 0.400. The van der Waals surface area contributed by atoms with Gasteiger partial charge in [0.2, 0.25) is 5.91 Å². The lowest BCUT2D eigenvalue weighted by atomic mass is 9.74. The van der Waals surface area contributed by atoms with E-state index in [1.165, 1.54) is 22.5 Å². The Morgan fingerprint density at radius 3 is 2.52 bits per heavy atom. The molecule has 0 aromatic heterocycles. The van der Waals surface area contributed by atoms with Crippen molar-refractivity contribution in [2.24, 2.45) is 0 Å². The average molecular weight is 390 g/mol. The summed E-state index contributed by atoms with van der Waals surface area (Å²) in [6, 6.07) is 15.3. The molecule has 1 saturated heterocycles. The first-order valence-electron chi connectivity index (χ1n) is 10.5. The highest BCUT2D eigenvalue weighted by atomic mass is 16.2. The zero-order valence-corrected chi connectivity index (χ0v) is 18.1. The summed E-state index contributed by atoms with van der Waals surface area (Å²) in [7, 11) is 4.09. The maximum atomic E-state index is 12.5. The molecule has 1 atom stereocenters. The fourth-order valence-electron chi connectivity index (χ4n) is 4.72. The van der Waals surface area contributed by atoms with Crippen LogP contribution in [0.15, 0.2) is 48.5 Å². The molecule has 0 unspecified atom stereocenters. The van der Waals surface area contributed by atoms with E-state index in [0.717, 1.165) is 18.5 Å². The van der Waals surface area contributed by atoms with Crippen LogP contribution >= 0.6 is 0 Å². The normalized spacial score (nSPS) is 22.4. The van der Waals surface area contributed by atoms with Crippen molar-refractivity contribution >= 4 is 23.4 Å². The van der Waals surface area contributed by atoms with E-state index in [9.17, 15) is 4.79 Å². The van der Waals surface area contributed by atoms with Crippen LogP contribution in [0.25, 0.3) is 6.08 Å². The Bertz CT molecular complexity index is 959. The van der Waals surface area contributed by atoms with E-state index in [4.69, 9.17) is 0 Å². The lowest BCUT2D eigenvalue weighted by Gasteiger charge is -2.49. The topological polar surface area (TPSA) is 35.6 Å². The molecule has 152 valence electrons. The Morgan fingerprint density at radius 1 is 1.14 bits per heavy atom. The van der Waals surface area contributed by atoms with Crippen molar-refractivity contribution in [2.45, 2.75) is 44.7 Å². The maximum absolute atomic E-state index is 12.5. The third kappa shape index (κ3) is 3.02. The molecule has 4 rings (SSSR count). The molecule has 1 N–H and O–H groups in total. The molecule has 0 aliphatic carbocycles. The zero-order chi connectivity index (χ0) is 20.8. The van der Waals surface area contributed by atoms with Crippen LogP contribution in [0.4, 0.5) is 11.4 Å². The van der Waals surface area contributed by atoms with Crippen LogP contribution in [0.1, 0.15) is 43.9 Å². The average Bonchev–Trinajstić information content (AvgIpc) is 2.90. The number of amides is 1. The third-order valence-corrected chi connectivity index (χ3v) is 6.63. The standard InChI is InChI=1S/C25H31N3O/c1-6-18-9-12-22-21(17-18)24(2,3)25(26-23(29)14-16-28(22)25)15-13-19-7-10-20(11-8-19)27(4)5/h7-13,15,17H,6,14,16H2,1-5H3,(H,26,29)/b15-13+/t25-/m0/s1. The van der Waals surface area contributed by atoms with Gasteiger partial charge >= 0.3 is 0 Å². The van der Waals surface area contributed by atoms with E-state index >= 15 is 0 Å². The second-order valence-corrected chi connectivity index (χ2v) is 8.87. The summed E-state index contributed by atoms with van der Waals surface area (Å²) in [5, 5.41) is 3.36. The van der Waals surface area contributed by atoms with Crippen molar-refractivity contribution < 1.29 is 4.79 Å². The third-order valence-electron chi connectivity index (χ3n) is 6.63. The second-order valence-electron chi connectivity index (χ2n) is 8.87. The second kappa shape index (κ2) is 6.94. The number of rotatable bonds is 4. The van der Waals surface area contributed by atoms with Gasteiger partial charge in [0.05, 0.1) is 0 Å². The minimum absolute atomic E-state index is 0.116. The largest absolute Gasteiger partial charge is 0.378 e. The number of aryl methyl sites for hydroxylation is 1. The molecule has 2 aromatic carbocycles. The Balaban J connectivity index is 1.78. The van der Waals surface area contributed by atoms with Gasteiger partial charge in [-0.15, -0.1) is 0 Å². The van der Waals surface area contributed by atoms with Gasteiger partial charge in [-0.2, -0.15) is 0 Å². The quantitative estimate of drug-likeness (QED) is 0.845. The fourth-order valence-corrected chi connectivity index (χ4v) is 4.72. The number of anilines is 2. The molecule has 2 aromatic rings. The van der Waals surface area contributed by atoms with Crippen molar-refractivity contribution in [1.29, 1.82) is 0 Å². The van der Waals surface area contributed by atoms with Gasteiger partial charge in [-0.05, 0) is 47.4 Å². The molecule has 2 aliphatic rings. The number of carbonyl (C=O) groups is 1. The highest BCUT2D eigenvalue weighted by Gasteiger charge is 2.57. The van der Waals surface area contributed by atoms with E-state index in [2.05, 4.69) is 90.5 Å². The number of carbonyl (C=O) groups excluding carboxylic acids is 1. The monoisotopic (exact) mass is 389 g/mol. The minimum Gasteiger partial charge on any atom is -0.378 e. The smallest absolute Gasteiger partial charge is 0.223 e. The van der Waals surface area contributed by atoms with Gasteiger partial charge in [0.25, 0.3) is 0 Å². The molecular formula is C25H31N3O. The van der Waals surface area contributed by atoms with Gasteiger partial charge in [0, 0.05) is 43.9 Å². The van der Waals surface area contributed by atoms with Crippen LogP contribution in [0, 0.1) is 0 Å². The summed E-state index contributed by atoms with van der Waals surface area (Å²) >= 11 is 0. The van der Waals surface area contributed by atoms with Crippen LogP contribution in [0.3, 0.4) is 0 Å². The molecule has 1 amide bonds. The summed E-state index contributed by atoms with van der Waals surface area (Å²) in [5.41, 5.74) is 5.38. The Labute approximate surface area is 174 Å². The molecule has 0 radical (unpaired) electrons. The van der Waals surface area contributed by atoms with Gasteiger partial charge in [-0.1, -0.05) is 51.1 Å². The first-order valence-corrected chi connectivity index (χ1v) is 10.5. The Hall–Kier alpha value is -2.75.